The Kier molecular flexibility index (Phi) is 8.29. The number of hydroxylamine groups is 1. The normalized spacial score (nSPS) is 11.0. The lowest BCUT2D eigenvalue weighted by Gasteiger charge is -2.20. The van der Waals surface area contributed by atoms with Gasteiger partial charge in [0.2, 0.25) is 5.96 Å². The Hall–Kier alpha value is -2.54. The van der Waals surface area contributed by atoms with E-state index in [9.17, 15) is 13.2 Å². The molecule has 0 spiro atoms. The van der Waals surface area contributed by atoms with Crippen LogP contribution >= 0.6 is 22.9 Å². The fraction of sp³-hybridized carbons (Fsp3) is 0.294. The molecule has 164 valence electrons. The largest absolute Gasteiger partial charge is 0.493 e. The summed E-state index contributed by atoms with van der Waals surface area (Å²) in [6.45, 7) is 3.52. The molecule has 30 heavy (non-hydrogen) atoms. The Morgan fingerprint density at radius 2 is 2.00 bits per heavy atom. The zero-order valence-electron chi connectivity index (χ0n) is 16.2. The van der Waals surface area contributed by atoms with Crippen LogP contribution in [0.5, 0.6) is 11.5 Å². The van der Waals surface area contributed by atoms with E-state index in [-0.39, 0.29) is 16.6 Å². The van der Waals surface area contributed by atoms with Gasteiger partial charge in [-0.25, -0.2) is 4.79 Å². The molecule has 0 fully saturated rings. The molecular formula is C17H21ClN4O6S2. The number of hydrogen-bond acceptors (Lipinski definition) is 9. The standard InChI is InChI=1S/C17H21ClN4O6S2/c1-11-8-13(26-7-3-6-21-22(17(19)20)27-12(2)23)10-14(9-11)28-30(24,25)16-5-4-15(18)29-16/h4-5,8-10,21H,3,6-7H2,1-2H3,(H3,19,20). The first-order valence-corrected chi connectivity index (χ1v) is 11.2. The van der Waals surface area contributed by atoms with Crippen LogP contribution in [0.2, 0.25) is 4.34 Å². The van der Waals surface area contributed by atoms with Crippen LogP contribution in [-0.2, 0) is 19.8 Å². The van der Waals surface area contributed by atoms with Gasteiger partial charge in [0.1, 0.15) is 11.5 Å². The number of aryl methyl sites for hydroxylation is 1. The highest BCUT2D eigenvalue weighted by molar-refractivity contribution is 7.89. The lowest BCUT2D eigenvalue weighted by atomic mass is 10.2. The molecule has 2 aromatic rings. The third kappa shape index (κ3) is 7.37. The van der Waals surface area contributed by atoms with Gasteiger partial charge in [-0.1, -0.05) is 16.8 Å². The molecule has 0 bridgehead atoms. The number of thiophene rings is 1. The van der Waals surface area contributed by atoms with Crippen molar-refractivity contribution in [2.45, 2.75) is 24.5 Å². The third-order valence-corrected chi connectivity index (χ3v) is 6.24. The number of hydrazine groups is 1. The summed E-state index contributed by atoms with van der Waals surface area (Å²) < 4.78 is 35.9. The topological polar surface area (TPSA) is 144 Å². The van der Waals surface area contributed by atoms with Gasteiger partial charge in [-0.3, -0.25) is 5.41 Å². The maximum atomic E-state index is 12.3. The molecule has 0 aliphatic heterocycles. The van der Waals surface area contributed by atoms with E-state index >= 15 is 0 Å². The summed E-state index contributed by atoms with van der Waals surface area (Å²) in [6, 6.07) is 7.63. The Balaban J connectivity index is 1.91. The number of nitrogens with zero attached hydrogens (tertiary/aromatic N) is 1. The maximum Gasteiger partial charge on any atom is 0.348 e. The molecule has 4 N–H and O–H groups in total. The zero-order chi connectivity index (χ0) is 22.3. The first kappa shape index (κ1) is 23.7. The highest BCUT2D eigenvalue weighted by Gasteiger charge is 2.20. The molecule has 0 radical (unpaired) electrons. The molecule has 0 saturated carbocycles. The first-order valence-electron chi connectivity index (χ1n) is 8.57. The average Bonchev–Trinajstić information content (AvgIpc) is 3.06. The third-order valence-electron chi connectivity index (χ3n) is 3.31. The predicted molar refractivity (Wildman–Crippen MR) is 112 cm³/mol. The van der Waals surface area contributed by atoms with Crippen LogP contribution in [0.3, 0.4) is 0 Å². The minimum absolute atomic E-state index is 0.00496. The molecule has 1 heterocycles. The van der Waals surface area contributed by atoms with Crippen molar-refractivity contribution >= 4 is 45.0 Å². The van der Waals surface area contributed by atoms with E-state index in [1.165, 1.54) is 25.1 Å². The van der Waals surface area contributed by atoms with Crippen molar-refractivity contribution in [1.29, 1.82) is 5.41 Å². The van der Waals surface area contributed by atoms with Gasteiger partial charge in [0.15, 0.2) is 4.21 Å². The fourth-order valence-corrected chi connectivity index (χ4v) is 4.54. The van der Waals surface area contributed by atoms with Crippen molar-refractivity contribution in [3.63, 3.8) is 0 Å². The predicted octanol–water partition coefficient (Wildman–Crippen LogP) is 2.42. The Labute approximate surface area is 183 Å². The highest BCUT2D eigenvalue weighted by Crippen LogP contribution is 2.30. The average molecular weight is 477 g/mol. The van der Waals surface area contributed by atoms with E-state index in [1.54, 1.807) is 19.1 Å². The summed E-state index contributed by atoms with van der Waals surface area (Å²) in [5, 5.41) is 8.06. The zero-order valence-corrected chi connectivity index (χ0v) is 18.6. The van der Waals surface area contributed by atoms with Crippen molar-refractivity contribution < 1.29 is 27.0 Å². The van der Waals surface area contributed by atoms with Gasteiger partial charge in [-0.05, 0) is 43.2 Å². The van der Waals surface area contributed by atoms with Gasteiger partial charge in [0.25, 0.3) is 0 Å². The molecule has 0 aliphatic rings. The van der Waals surface area contributed by atoms with Crippen LogP contribution in [0, 0.1) is 12.3 Å². The van der Waals surface area contributed by atoms with Crippen molar-refractivity contribution in [1.82, 2.24) is 10.6 Å². The number of carbonyl (C=O) groups excluding carboxylic acids is 1. The first-order chi connectivity index (χ1) is 14.1. The fourth-order valence-electron chi connectivity index (χ4n) is 2.18. The van der Waals surface area contributed by atoms with E-state index < -0.39 is 22.0 Å². The van der Waals surface area contributed by atoms with E-state index in [4.69, 9.17) is 36.5 Å². The monoisotopic (exact) mass is 476 g/mol. The molecule has 1 aromatic heterocycles. The van der Waals surface area contributed by atoms with Crippen molar-refractivity contribution in [3.05, 3.63) is 40.2 Å². The van der Waals surface area contributed by atoms with Crippen LogP contribution in [0.25, 0.3) is 0 Å². The number of benzene rings is 1. The second-order valence-electron chi connectivity index (χ2n) is 5.95. The number of nitrogens with one attached hydrogen (secondary N) is 2. The number of hydrogen-bond donors (Lipinski definition) is 3. The summed E-state index contributed by atoms with van der Waals surface area (Å²) in [6.07, 6.45) is 0.473. The summed E-state index contributed by atoms with van der Waals surface area (Å²) in [7, 11) is -3.99. The number of halogens is 1. The summed E-state index contributed by atoms with van der Waals surface area (Å²) >= 11 is 6.70. The van der Waals surface area contributed by atoms with E-state index in [2.05, 4.69) is 5.43 Å². The quantitative estimate of drug-likeness (QED) is 0.163. The van der Waals surface area contributed by atoms with Crippen LogP contribution in [0.15, 0.2) is 34.5 Å². The van der Waals surface area contributed by atoms with Gasteiger partial charge in [0.05, 0.1) is 10.9 Å². The number of guanidine groups is 1. The lowest BCUT2D eigenvalue weighted by molar-refractivity contribution is -0.180. The Morgan fingerprint density at radius 1 is 1.30 bits per heavy atom. The van der Waals surface area contributed by atoms with Gasteiger partial charge < -0.3 is 19.5 Å². The van der Waals surface area contributed by atoms with Gasteiger partial charge >= 0.3 is 16.1 Å². The SMILES string of the molecule is CC(=O)ON(NCCCOc1cc(C)cc(OS(=O)(=O)c2ccc(Cl)s2)c1)C(=N)N. The molecular weight excluding hydrogens is 456 g/mol. The molecule has 10 nitrogen and oxygen atoms in total. The second-order valence-corrected chi connectivity index (χ2v) is 9.44. The number of rotatable bonds is 9. The highest BCUT2D eigenvalue weighted by atomic mass is 35.5. The molecule has 1 aromatic carbocycles. The Bertz CT molecular complexity index is 1010. The number of carbonyl (C=O) groups is 1. The molecule has 0 unspecified atom stereocenters. The molecule has 2 rings (SSSR count). The Morgan fingerprint density at radius 3 is 2.60 bits per heavy atom. The van der Waals surface area contributed by atoms with E-state index in [1.807, 2.05) is 0 Å². The van der Waals surface area contributed by atoms with Gasteiger partial charge in [-0.15, -0.1) is 11.3 Å². The molecule has 13 heteroatoms. The number of nitrogens with two attached hydrogens (primary N) is 1. The minimum Gasteiger partial charge on any atom is -0.493 e. The summed E-state index contributed by atoms with van der Waals surface area (Å²) in [4.78, 5) is 15.7. The van der Waals surface area contributed by atoms with Gasteiger partial charge in [-0.2, -0.15) is 13.8 Å². The van der Waals surface area contributed by atoms with Crippen LogP contribution < -0.4 is 20.1 Å². The lowest BCUT2D eigenvalue weighted by Crippen LogP contribution is -2.47. The summed E-state index contributed by atoms with van der Waals surface area (Å²) in [5.74, 6) is -0.557. The van der Waals surface area contributed by atoms with E-state index in [0.29, 0.717) is 23.1 Å². The van der Waals surface area contributed by atoms with Crippen molar-refractivity contribution in [3.8, 4) is 11.5 Å². The second kappa shape index (κ2) is 10.5. The molecule has 0 atom stereocenters. The van der Waals surface area contributed by atoms with E-state index in [0.717, 1.165) is 22.1 Å². The molecule has 0 aliphatic carbocycles. The smallest absolute Gasteiger partial charge is 0.348 e. The van der Waals surface area contributed by atoms with Crippen molar-refractivity contribution in [2.75, 3.05) is 13.2 Å². The molecule has 0 amide bonds. The minimum atomic E-state index is -3.99. The van der Waals surface area contributed by atoms with Gasteiger partial charge in [0, 0.05) is 19.5 Å². The van der Waals surface area contributed by atoms with Crippen LogP contribution in [0.4, 0.5) is 0 Å². The molecule has 0 saturated heterocycles. The maximum absolute atomic E-state index is 12.3. The van der Waals surface area contributed by atoms with Crippen molar-refractivity contribution in [2.24, 2.45) is 5.73 Å². The summed E-state index contributed by atoms with van der Waals surface area (Å²) in [5.41, 5.74) is 8.69. The number of ether oxygens (including phenoxy) is 1. The van der Waals surface area contributed by atoms with Crippen LogP contribution in [0.1, 0.15) is 18.9 Å². The van der Waals surface area contributed by atoms with Crippen LogP contribution in [-0.4, -0.2) is 38.7 Å².